The van der Waals surface area contributed by atoms with Crippen LogP contribution < -0.4 is 5.56 Å². The van der Waals surface area contributed by atoms with E-state index in [1.165, 1.54) is 17.8 Å². The third-order valence-electron chi connectivity index (χ3n) is 4.50. The molecule has 0 amide bonds. The van der Waals surface area contributed by atoms with Gasteiger partial charge < -0.3 is 0 Å². The first kappa shape index (κ1) is 18.9. The van der Waals surface area contributed by atoms with Crippen LogP contribution in [0.2, 0.25) is 0 Å². The third kappa shape index (κ3) is 4.20. The Labute approximate surface area is 171 Å². The summed E-state index contributed by atoms with van der Waals surface area (Å²) in [6.07, 6.45) is 0. The van der Waals surface area contributed by atoms with Crippen LogP contribution in [0.3, 0.4) is 0 Å². The number of hydrogen-bond donors (Lipinski definition) is 0. The van der Waals surface area contributed by atoms with Crippen LogP contribution in [-0.4, -0.2) is 14.5 Å². The molecule has 0 aliphatic carbocycles. The van der Waals surface area contributed by atoms with Crippen LogP contribution in [0.15, 0.2) is 88.8 Å². The number of nitro groups is 1. The lowest BCUT2D eigenvalue weighted by atomic mass is 10.2. The van der Waals surface area contributed by atoms with Crippen LogP contribution in [0, 0.1) is 10.1 Å². The van der Waals surface area contributed by atoms with Crippen LogP contribution in [0.1, 0.15) is 11.1 Å². The van der Waals surface area contributed by atoms with Crippen molar-refractivity contribution < 1.29 is 4.92 Å². The van der Waals surface area contributed by atoms with Gasteiger partial charge in [-0.05, 0) is 23.3 Å². The summed E-state index contributed by atoms with van der Waals surface area (Å²) in [7, 11) is 0. The summed E-state index contributed by atoms with van der Waals surface area (Å²) in [6, 6.07) is 23.5. The van der Waals surface area contributed by atoms with E-state index < -0.39 is 4.92 Å². The summed E-state index contributed by atoms with van der Waals surface area (Å²) in [4.78, 5) is 28.4. The van der Waals surface area contributed by atoms with E-state index in [2.05, 4.69) is 0 Å². The number of rotatable bonds is 6. The standard InChI is InChI=1S/C22H17N3O3S/c26-21-19-11-4-5-12-20(19)23-22(24(21)14-16-7-2-1-3-8-16)29-15-17-9-6-10-18(13-17)25(27)28/h1-13H,14-15H2. The van der Waals surface area contributed by atoms with Gasteiger partial charge in [-0.15, -0.1) is 0 Å². The number of aromatic nitrogens is 2. The highest BCUT2D eigenvalue weighted by Crippen LogP contribution is 2.24. The molecule has 4 rings (SSSR count). The number of hydrogen-bond acceptors (Lipinski definition) is 5. The first-order valence-electron chi connectivity index (χ1n) is 9.01. The van der Waals surface area contributed by atoms with Crippen LogP contribution in [0.5, 0.6) is 0 Å². The molecule has 0 N–H and O–H groups in total. The van der Waals surface area contributed by atoms with E-state index in [0.717, 1.165) is 11.1 Å². The number of para-hydroxylation sites is 1. The summed E-state index contributed by atoms with van der Waals surface area (Å²) >= 11 is 1.40. The smallest absolute Gasteiger partial charge is 0.269 e. The molecule has 144 valence electrons. The Morgan fingerprint density at radius 1 is 0.931 bits per heavy atom. The van der Waals surface area contributed by atoms with Crippen LogP contribution in [0.25, 0.3) is 10.9 Å². The second kappa shape index (κ2) is 8.28. The molecule has 0 saturated carbocycles. The Bertz CT molecular complexity index is 1240. The first-order valence-corrected chi connectivity index (χ1v) is 10.00. The molecule has 29 heavy (non-hydrogen) atoms. The molecule has 0 saturated heterocycles. The highest BCUT2D eigenvalue weighted by Gasteiger charge is 2.13. The van der Waals surface area contributed by atoms with E-state index in [1.807, 2.05) is 54.6 Å². The molecular formula is C22H17N3O3S. The fraction of sp³-hybridized carbons (Fsp3) is 0.0909. The number of fused-ring (bicyclic) bond motifs is 1. The quantitative estimate of drug-likeness (QED) is 0.203. The Hall–Kier alpha value is -3.45. The third-order valence-corrected chi connectivity index (χ3v) is 5.55. The molecule has 1 heterocycles. The average molecular weight is 403 g/mol. The number of nitro benzene ring substituents is 1. The molecule has 1 aromatic heterocycles. The number of non-ortho nitro benzene ring substituents is 1. The van der Waals surface area contributed by atoms with Crippen molar-refractivity contribution in [2.75, 3.05) is 0 Å². The van der Waals surface area contributed by atoms with Gasteiger partial charge in [0.05, 0.1) is 22.4 Å². The van der Waals surface area contributed by atoms with Crippen molar-refractivity contribution in [1.29, 1.82) is 0 Å². The summed E-state index contributed by atoms with van der Waals surface area (Å²) in [5, 5.41) is 12.2. The maximum Gasteiger partial charge on any atom is 0.269 e. The minimum Gasteiger partial charge on any atom is -0.283 e. The van der Waals surface area contributed by atoms with Crippen molar-refractivity contribution >= 4 is 28.4 Å². The van der Waals surface area contributed by atoms with Gasteiger partial charge in [-0.25, -0.2) is 4.98 Å². The minimum absolute atomic E-state index is 0.0521. The summed E-state index contributed by atoms with van der Waals surface area (Å²) in [5.74, 6) is 0.473. The Morgan fingerprint density at radius 2 is 1.66 bits per heavy atom. The van der Waals surface area contributed by atoms with Gasteiger partial charge in [0.15, 0.2) is 5.16 Å². The molecule has 0 unspecified atom stereocenters. The van der Waals surface area contributed by atoms with Crippen molar-refractivity contribution in [2.24, 2.45) is 0 Å². The van der Waals surface area contributed by atoms with Gasteiger partial charge >= 0.3 is 0 Å². The summed E-state index contributed by atoms with van der Waals surface area (Å²) < 4.78 is 1.67. The number of benzene rings is 3. The van der Waals surface area contributed by atoms with Gasteiger partial charge in [0.2, 0.25) is 0 Å². The van der Waals surface area contributed by atoms with Crippen molar-refractivity contribution in [3.8, 4) is 0 Å². The Morgan fingerprint density at radius 3 is 2.45 bits per heavy atom. The van der Waals surface area contributed by atoms with Gasteiger partial charge in [0, 0.05) is 17.9 Å². The van der Waals surface area contributed by atoms with Crippen LogP contribution in [0.4, 0.5) is 5.69 Å². The topological polar surface area (TPSA) is 78.0 Å². The van der Waals surface area contributed by atoms with E-state index in [9.17, 15) is 14.9 Å². The lowest BCUT2D eigenvalue weighted by Gasteiger charge is -2.13. The zero-order valence-electron chi connectivity index (χ0n) is 15.4. The minimum atomic E-state index is -0.409. The largest absolute Gasteiger partial charge is 0.283 e. The zero-order chi connectivity index (χ0) is 20.2. The van der Waals surface area contributed by atoms with Crippen molar-refractivity contribution in [3.63, 3.8) is 0 Å². The highest BCUT2D eigenvalue weighted by molar-refractivity contribution is 7.98. The molecule has 7 heteroatoms. The van der Waals surface area contributed by atoms with E-state index >= 15 is 0 Å². The monoisotopic (exact) mass is 403 g/mol. The van der Waals surface area contributed by atoms with Gasteiger partial charge in [-0.2, -0.15) is 0 Å². The van der Waals surface area contributed by atoms with Crippen LogP contribution in [-0.2, 0) is 12.3 Å². The predicted octanol–water partition coefficient (Wildman–Crippen LogP) is 4.65. The van der Waals surface area contributed by atoms with Gasteiger partial charge in [-0.3, -0.25) is 19.5 Å². The van der Waals surface area contributed by atoms with Gasteiger partial charge in [0.25, 0.3) is 11.2 Å². The highest BCUT2D eigenvalue weighted by atomic mass is 32.2. The van der Waals surface area contributed by atoms with Crippen molar-refractivity contribution in [1.82, 2.24) is 9.55 Å². The normalized spacial score (nSPS) is 10.9. The molecule has 0 bridgehead atoms. The van der Waals surface area contributed by atoms with E-state index in [4.69, 9.17) is 4.98 Å². The van der Waals surface area contributed by atoms with E-state index in [0.29, 0.717) is 28.4 Å². The van der Waals surface area contributed by atoms with Gasteiger partial charge in [0.1, 0.15) is 0 Å². The molecule has 0 atom stereocenters. The number of thioether (sulfide) groups is 1. The second-order valence-electron chi connectivity index (χ2n) is 6.50. The number of nitrogens with zero attached hydrogens (tertiary/aromatic N) is 3. The summed E-state index contributed by atoms with van der Waals surface area (Å²) in [5.41, 5.74) is 2.40. The van der Waals surface area contributed by atoms with E-state index in [1.54, 1.807) is 22.8 Å². The van der Waals surface area contributed by atoms with Crippen molar-refractivity contribution in [3.05, 3.63) is 110 Å². The molecular weight excluding hydrogens is 386 g/mol. The van der Waals surface area contributed by atoms with Gasteiger partial charge in [-0.1, -0.05) is 66.4 Å². The maximum atomic E-state index is 13.1. The van der Waals surface area contributed by atoms with Crippen molar-refractivity contribution in [2.45, 2.75) is 17.5 Å². The lowest BCUT2D eigenvalue weighted by molar-refractivity contribution is -0.384. The fourth-order valence-electron chi connectivity index (χ4n) is 3.07. The summed E-state index contributed by atoms with van der Waals surface area (Å²) in [6.45, 7) is 0.411. The Balaban J connectivity index is 1.72. The molecule has 0 fully saturated rings. The molecule has 3 aromatic carbocycles. The molecule has 6 nitrogen and oxygen atoms in total. The zero-order valence-corrected chi connectivity index (χ0v) is 16.2. The molecule has 0 aliphatic rings. The molecule has 0 radical (unpaired) electrons. The predicted molar refractivity (Wildman–Crippen MR) is 114 cm³/mol. The Kier molecular flexibility index (Phi) is 5.39. The molecule has 4 aromatic rings. The SMILES string of the molecule is O=c1c2ccccc2nc(SCc2cccc([N+](=O)[O-])c2)n1Cc1ccccc1. The maximum absolute atomic E-state index is 13.1. The second-order valence-corrected chi connectivity index (χ2v) is 7.45. The lowest BCUT2D eigenvalue weighted by Crippen LogP contribution is -2.24. The fourth-order valence-corrected chi connectivity index (χ4v) is 4.01. The van der Waals surface area contributed by atoms with E-state index in [-0.39, 0.29) is 11.2 Å². The molecule has 0 spiro atoms. The average Bonchev–Trinajstić information content (AvgIpc) is 2.75. The van der Waals surface area contributed by atoms with Crippen LogP contribution >= 0.6 is 11.8 Å². The first-order chi connectivity index (χ1) is 14.1. The molecule has 0 aliphatic heterocycles.